The zero-order chi connectivity index (χ0) is 10.3. The summed E-state index contributed by atoms with van der Waals surface area (Å²) in [5.74, 6) is 0.123. The highest BCUT2D eigenvalue weighted by molar-refractivity contribution is 6.01. The van der Waals surface area contributed by atoms with Crippen molar-refractivity contribution in [3.8, 4) is 5.75 Å². The molecule has 0 spiro atoms. The van der Waals surface area contributed by atoms with Gasteiger partial charge in [-0.15, -0.1) is 0 Å². The van der Waals surface area contributed by atoms with Gasteiger partial charge >= 0.3 is 0 Å². The first kappa shape index (κ1) is 8.74. The normalized spacial score (nSPS) is 10.7. The van der Waals surface area contributed by atoms with Crippen LogP contribution in [0.15, 0.2) is 18.3 Å². The quantitative estimate of drug-likeness (QED) is 0.694. The van der Waals surface area contributed by atoms with E-state index in [2.05, 4.69) is 5.10 Å². The third-order valence-corrected chi connectivity index (χ3v) is 2.14. The highest BCUT2D eigenvalue weighted by Crippen LogP contribution is 2.18. The van der Waals surface area contributed by atoms with Crippen LogP contribution in [-0.2, 0) is 0 Å². The number of nitrogens with zero attached hydrogens (tertiary/aromatic N) is 2. The molecule has 2 aromatic heterocycles. The van der Waals surface area contributed by atoms with Crippen LogP contribution in [0.3, 0.4) is 0 Å². The van der Waals surface area contributed by atoms with Gasteiger partial charge in [-0.3, -0.25) is 4.79 Å². The molecular weight excluding hydrogens is 180 g/mol. The van der Waals surface area contributed by atoms with Gasteiger partial charge in [0.1, 0.15) is 5.75 Å². The van der Waals surface area contributed by atoms with Crippen molar-refractivity contribution in [1.82, 2.24) is 9.61 Å². The number of carbonyl (C=O) groups is 1. The maximum absolute atomic E-state index is 11.3. The lowest BCUT2D eigenvalue weighted by molar-refractivity contribution is 0.101. The number of aromatic nitrogens is 2. The topological polar surface area (TPSA) is 54.6 Å². The molecule has 1 N–H and O–H groups in total. The molecule has 0 bridgehead atoms. The SMILES string of the molecule is CC(=O)c1c(C)nn2cc(O)ccc12. The van der Waals surface area contributed by atoms with Crippen LogP contribution in [-0.4, -0.2) is 20.5 Å². The highest BCUT2D eigenvalue weighted by Gasteiger charge is 2.12. The van der Waals surface area contributed by atoms with Gasteiger partial charge in [-0.05, 0) is 26.0 Å². The van der Waals surface area contributed by atoms with Crippen molar-refractivity contribution in [2.24, 2.45) is 0 Å². The van der Waals surface area contributed by atoms with E-state index in [4.69, 9.17) is 0 Å². The summed E-state index contributed by atoms with van der Waals surface area (Å²) in [6.45, 7) is 3.29. The van der Waals surface area contributed by atoms with Crippen molar-refractivity contribution >= 4 is 11.3 Å². The molecule has 2 heterocycles. The van der Waals surface area contributed by atoms with Crippen molar-refractivity contribution in [2.75, 3.05) is 0 Å². The van der Waals surface area contributed by atoms with E-state index < -0.39 is 0 Å². The number of aromatic hydroxyl groups is 1. The second-order valence-corrected chi connectivity index (χ2v) is 3.23. The number of hydrogen-bond acceptors (Lipinski definition) is 3. The minimum absolute atomic E-state index is 0.0109. The largest absolute Gasteiger partial charge is 0.506 e. The molecule has 14 heavy (non-hydrogen) atoms. The molecule has 0 radical (unpaired) electrons. The summed E-state index contributed by atoms with van der Waals surface area (Å²) in [4.78, 5) is 11.3. The smallest absolute Gasteiger partial charge is 0.163 e. The Morgan fingerprint density at radius 2 is 2.21 bits per heavy atom. The lowest BCUT2D eigenvalue weighted by Gasteiger charge is -1.95. The van der Waals surface area contributed by atoms with E-state index in [1.54, 1.807) is 19.1 Å². The van der Waals surface area contributed by atoms with Crippen LogP contribution < -0.4 is 0 Å². The monoisotopic (exact) mass is 190 g/mol. The van der Waals surface area contributed by atoms with Crippen LogP contribution >= 0.6 is 0 Å². The molecule has 0 saturated carbocycles. The average Bonchev–Trinajstić information content (AvgIpc) is 2.39. The molecule has 72 valence electrons. The standard InChI is InChI=1S/C10H10N2O2/c1-6-10(7(2)13)9-4-3-8(14)5-12(9)11-6/h3-5,14H,1-2H3. The van der Waals surface area contributed by atoms with Crippen molar-refractivity contribution in [1.29, 1.82) is 0 Å². The fourth-order valence-corrected chi connectivity index (χ4v) is 1.59. The molecule has 0 aliphatic carbocycles. The van der Waals surface area contributed by atoms with Crippen molar-refractivity contribution in [3.63, 3.8) is 0 Å². The molecule has 0 amide bonds. The predicted molar refractivity (Wildman–Crippen MR) is 51.6 cm³/mol. The van der Waals surface area contributed by atoms with E-state index in [0.29, 0.717) is 11.3 Å². The molecule has 2 aromatic rings. The van der Waals surface area contributed by atoms with Crippen molar-refractivity contribution in [2.45, 2.75) is 13.8 Å². The number of rotatable bonds is 1. The molecule has 0 atom stereocenters. The molecule has 0 fully saturated rings. The second-order valence-electron chi connectivity index (χ2n) is 3.23. The molecule has 2 rings (SSSR count). The summed E-state index contributed by atoms with van der Waals surface area (Å²) in [7, 11) is 0. The third-order valence-electron chi connectivity index (χ3n) is 2.14. The molecule has 0 saturated heterocycles. The maximum Gasteiger partial charge on any atom is 0.163 e. The summed E-state index contributed by atoms with van der Waals surface area (Å²) in [6, 6.07) is 3.23. The second kappa shape index (κ2) is 2.83. The van der Waals surface area contributed by atoms with Crippen LogP contribution in [0, 0.1) is 6.92 Å². The van der Waals surface area contributed by atoms with Crippen molar-refractivity contribution < 1.29 is 9.90 Å². The lowest BCUT2D eigenvalue weighted by atomic mass is 10.1. The number of Topliss-reactive ketones (excluding diaryl/α,β-unsaturated/α-hetero) is 1. The van der Waals surface area contributed by atoms with Gasteiger partial charge in [0.15, 0.2) is 5.78 Å². The van der Waals surface area contributed by atoms with E-state index in [9.17, 15) is 9.90 Å². The zero-order valence-electron chi connectivity index (χ0n) is 7.98. The van der Waals surface area contributed by atoms with E-state index in [1.807, 2.05) is 0 Å². The Kier molecular flexibility index (Phi) is 1.77. The molecule has 4 nitrogen and oxygen atoms in total. The van der Waals surface area contributed by atoms with Gasteiger partial charge in [-0.25, -0.2) is 4.52 Å². The van der Waals surface area contributed by atoms with E-state index in [1.165, 1.54) is 17.6 Å². The number of ketones is 1. The minimum atomic E-state index is -0.0109. The molecule has 4 heteroatoms. The predicted octanol–water partition coefficient (Wildman–Crippen LogP) is 1.55. The van der Waals surface area contributed by atoms with Crippen LogP contribution in [0.5, 0.6) is 5.75 Å². The van der Waals surface area contributed by atoms with Gasteiger partial charge in [-0.2, -0.15) is 5.10 Å². The molecule has 0 aromatic carbocycles. The van der Waals surface area contributed by atoms with Crippen LogP contribution in [0.2, 0.25) is 0 Å². The first-order valence-corrected chi connectivity index (χ1v) is 4.28. The number of aryl methyl sites for hydroxylation is 1. The summed E-state index contributed by atoms with van der Waals surface area (Å²) in [6.07, 6.45) is 1.48. The Balaban J connectivity index is 2.84. The Morgan fingerprint density at radius 3 is 2.86 bits per heavy atom. The highest BCUT2D eigenvalue weighted by atomic mass is 16.3. The summed E-state index contributed by atoms with van der Waals surface area (Å²) in [5, 5.41) is 13.4. The van der Waals surface area contributed by atoms with E-state index >= 15 is 0 Å². The number of fused-ring (bicyclic) bond motifs is 1. The third kappa shape index (κ3) is 1.16. The fourth-order valence-electron chi connectivity index (χ4n) is 1.59. The van der Waals surface area contributed by atoms with E-state index in [0.717, 1.165) is 5.52 Å². The zero-order valence-corrected chi connectivity index (χ0v) is 7.98. The van der Waals surface area contributed by atoms with Crippen molar-refractivity contribution in [3.05, 3.63) is 29.6 Å². The first-order valence-electron chi connectivity index (χ1n) is 4.28. The van der Waals surface area contributed by atoms with Gasteiger partial charge in [0.25, 0.3) is 0 Å². The number of pyridine rings is 1. The lowest BCUT2D eigenvalue weighted by Crippen LogP contribution is -1.93. The van der Waals surface area contributed by atoms with Gasteiger partial charge < -0.3 is 5.11 Å². The van der Waals surface area contributed by atoms with Gasteiger partial charge in [0, 0.05) is 0 Å². The fraction of sp³-hybridized carbons (Fsp3) is 0.200. The van der Waals surface area contributed by atoms with Crippen LogP contribution in [0.1, 0.15) is 23.0 Å². The van der Waals surface area contributed by atoms with Gasteiger partial charge in [0.2, 0.25) is 0 Å². The molecule has 0 aliphatic rings. The Hall–Kier alpha value is -1.84. The van der Waals surface area contributed by atoms with E-state index in [-0.39, 0.29) is 11.5 Å². The average molecular weight is 190 g/mol. The maximum atomic E-state index is 11.3. The molecule has 0 unspecified atom stereocenters. The van der Waals surface area contributed by atoms with Crippen LogP contribution in [0.25, 0.3) is 5.52 Å². The molecular formula is C10H10N2O2. The van der Waals surface area contributed by atoms with Gasteiger partial charge in [-0.1, -0.05) is 0 Å². The van der Waals surface area contributed by atoms with Crippen LogP contribution in [0.4, 0.5) is 0 Å². The minimum Gasteiger partial charge on any atom is -0.506 e. The first-order chi connectivity index (χ1) is 6.59. The summed E-state index contributed by atoms with van der Waals surface area (Å²) >= 11 is 0. The summed E-state index contributed by atoms with van der Waals surface area (Å²) < 4.78 is 1.52. The number of hydrogen-bond donors (Lipinski definition) is 1. The Bertz CT molecular complexity index is 514. The van der Waals surface area contributed by atoms with Gasteiger partial charge in [0.05, 0.1) is 23.0 Å². The molecule has 0 aliphatic heterocycles. The summed E-state index contributed by atoms with van der Waals surface area (Å²) in [5.41, 5.74) is 2.03. The Morgan fingerprint density at radius 1 is 1.50 bits per heavy atom. The Labute approximate surface area is 80.8 Å². The number of carbonyl (C=O) groups excluding carboxylic acids is 1.